The van der Waals surface area contributed by atoms with Crippen LogP contribution in [0.25, 0.3) is 11.8 Å². The molecule has 0 saturated heterocycles. The van der Waals surface area contributed by atoms with Crippen LogP contribution in [0.15, 0.2) is 79.1 Å². The summed E-state index contributed by atoms with van der Waals surface area (Å²) in [4.78, 5) is 24.3. The molecule has 1 heterocycles. The van der Waals surface area contributed by atoms with Crippen molar-refractivity contribution in [1.82, 2.24) is 15.4 Å². The van der Waals surface area contributed by atoms with E-state index in [-0.39, 0.29) is 5.91 Å². The van der Waals surface area contributed by atoms with Gasteiger partial charge in [-0.1, -0.05) is 42.0 Å². The summed E-state index contributed by atoms with van der Waals surface area (Å²) in [6.07, 6.45) is 6.78. The maximum absolute atomic E-state index is 12.4. The Labute approximate surface area is 151 Å². The minimum atomic E-state index is -0.405. The first-order valence-electron chi connectivity index (χ1n) is 8.21. The molecule has 0 aliphatic heterocycles. The Hall–Kier alpha value is -3.60. The van der Waals surface area contributed by atoms with Crippen molar-refractivity contribution in [3.05, 3.63) is 95.8 Å². The molecular weight excluding hydrogens is 326 g/mol. The molecule has 5 heteroatoms. The summed E-state index contributed by atoms with van der Waals surface area (Å²) >= 11 is 0. The van der Waals surface area contributed by atoms with E-state index in [0.717, 1.165) is 16.8 Å². The van der Waals surface area contributed by atoms with Crippen molar-refractivity contribution < 1.29 is 9.59 Å². The number of aryl methyl sites for hydroxylation is 1. The Bertz CT molecular complexity index is 926. The van der Waals surface area contributed by atoms with Gasteiger partial charge in [0, 0.05) is 18.5 Å². The van der Waals surface area contributed by atoms with Crippen molar-refractivity contribution >= 4 is 17.9 Å². The summed E-state index contributed by atoms with van der Waals surface area (Å²) < 4.78 is 1.84. The predicted octanol–water partition coefficient (Wildman–Crippen LogP) is 3.26. The molecule has 0 fully saturated rings. The number of nitrogens with one attached hydrogen (secondary N) is 2. The van der Waals surface area contributed by atoms with E-state index in [0.29, 0.717) is 5.56 Å². The van der Waals surface area contributed by atoms with Crippen LogP contribution in [-0.4, -0.2) is 16.4 Å². The molecule has 0 aliphatic carbocycles. The van der Waals surface area contributed by atoms with Crippen LogP contribution >= 0.6 is 0 Å². The van der Waals surface area contributed by atoms with Crippen LogP contribution < -0.4 is 10.9 Å². The molecule has 3 aromatic rings. The number of para-hydroxylation sites is 1. The molecule has 0 bridgehead atoms. The third kappa shape index (κ3) is 4.27. The van der Waals surface area contributed by atoms with Crippen LogP contribution in [0, 0.1) is 6.92 Å². The van der Waals surface area contributed by atoms with Crippen molar-refractivity contribution in [3.63, 3.8) is 0 Å². The Kier molecular flexibility index (Phi) is 5.29. The van der Waals surface area contributed by atoms with Crippen LogP contribution in [-0.2, 0) is 4.79 Å². The third-order valence-electron chi connectivity index (χ3n) is 3.84. The van der Waals surface area contributed by atoms with E-state index in [1.165, 1.54) is 6.08 Å². The molecule has 26 heavy (non-hydrogen) atoms. The monoisotopic (exact) mass is 345 g/mol. The molecule has 5 nitrogen and oxygen atoms in total. The molecule has 3 rings (SSSR count). The van der Waals surface area contributed by atoms with Gasteiger partial charge in [-0.15, -0.1) is 0 Å². The van der Waals surface area contributed by atoms with E-state index in [1.807, 2.05) is 72.4 Å². The van der Waals surface area contributed by atoms with Crippen molar-refractivity contribution in [2.45, 2.75) is 6.92 Å². The van der Waals surface area contributed by atoms with Gasteiger partial charge in [0.15, 0.2) is 0 Å². The highest BCUT2D eigenvalue weighted by Gasteiger charge is 2.12. The van der Waals surface area contributed by atoms with Crippen LogP contribution in [0.1, 0.15) is 21.5 Å². The topological polar surface area (TPSA) is 63.1 Å². The summed E-state index contributed by atoms with van der Waals surface area (Å²) in [5.74, 6) is -0.788. The first-order valence-corrected chi connectivity index (χ1v) is 8.21. The van der Waals surface area contributed by atoms with E-state index in [1.54, 1.807) is 18.2 Å². The smallest absolute Gasteiger partial charge is 0.271 e. The second-order valence-electron chi connectivity index (χ2n) is 5.79. The van der Waals surface area contributed by atoms with Gasteiger partial charge in [0.05, 0.1) is 11.3 Å². The number of aromatic nitrogens is 1. The molecule has 0 unspecified atom stereocenters. The number of rotatable bonds is 4. The van der Waals surface area contributed by atoms with Gasteiger partial charge >= 0.3 is 0 Å². The number of hydrazine groups is 1. The van der Waals surface area contributed by atoms with Crippen LogP contribution in [0.2, 0.25) is 0 Å². The summed E-state index contributed by atoms with van der Waals surface area (Å²) in [6, 6.07) is 18.7. The molecule has 2 aromatic carbocycles. The third-order valence-corrected chi connectivity index (χ3v) is 3.84. The zero-order chi connectivity index (χ0) is 18.4. The van der Waals surface area contributed by atoms with E-state index in [2.05, 4.69) is 10.9 Å². The molecule has 130 valence electrons. The highest BCUT2D eigenvalue weighted by Crippen LogP contribution is 2.14. The number of amides is 2. The summed E-state index contributed by atoms with van der Waals surface area (Å²) in [6.45, 7) is 2.00. The van der Waals surface area contributed by atoms with Gasteiger partial charge in [0.25, 0.3) is 11.8 Å². The largest absolute Gasteiger partial charge is 0.323 e. The minimum Gasteiger partial charge on any atom is -0.323 e. The second-order valence-corrected chi connectivity index (χ2v) is 5.79. The Balaban J connectivity index is 1.62. The van der Waals surface area contributed by atoms with Crippen molar-refractivity contribution in [1.29, 1.82) is 0 Å². The van der Waals surface area contributed by atoms with E-state index in [9.17, 15) is 9.59 Å². The van der Waals surface area contributed by atoms with Gasteiger partial charge in [0.1, 0.15) is 0 Å². The molecule has 0 spiro atoms. The molecule has 0 aliphatic rings. The number of carbonyl (C=O) groups excluding carboxylic acids is 2. The molecular formula is C21H19N3O2. The van der Waals surface area contributed by atoms with Gasteiger partial charge in [-0.3, -0.25) is 20.4 Å². The molecule has 0 saturated carbocycles. The molecule has 1 aromatic heterocycles. The first kappa shape index (κ1) is 17.2. The Morgan fingerprint density at radius 1 is 0.885 bits per heavy atom. The van der Waals surface area contributed by atoms with E-state index < -0.39 is 5.91 Å². The van der Waals surface area contributed by atoms with Gasteiger partial charge in [-0.2, -0.15) is 0 Å². The number of nitrogens with zero attached hydrogens (tertiary/aromatic N) is 1. The van der Waals surface area contributed by atoms with Crippen LogP contribution in [0.3, 0.4) is 0 Å². The number of benzene rings is 2. The lowest BCUT2D eigenvalue weighted by Crippen LogP contribution is -2.41. The number of hydrogen-bond acceptors (Lipinski definition) is 2. The second kappa shape index (κ2) is 7.98. The lowest BCUT2D eigenvalue weighted by atomic mass is 10.1. The number of hydrogen-bond donors (Lipinski definition) is 2. The highest BCUT2D eigenvalue weighted by atomic mass is 16.2. The Morgan fingerprint density at radius 2 is 1.58 bits per heavy atom. The van der Waals surface area contributed by atoms with Gasteiger partial charge in [0.2, 0.25) is 0 Å². The SMILES string of the molecule is Cc1ccc(/C=C/C(=O)NNC(=O)c2ccccc2-n2cccc2)cc1. The average molecular weight is 345 g/mol. The standard InChI is InChI=1S/C21H19N3O2/c1-16-8-10-17(11-9-16)12-13-20(25)22-23-21(26)18-6-2-3-7-19(18)24-14-4-5-15-24/h2-15H,1H3,(H,22,25)(H,23,26)/b13-12+. The van der Waals surface area contributed by atoms with Crippen molar-refractivity contribution in [3.8, 4) is 5.69 Å². The van der Waals surface area contributed by atoms with Crippen molar-refractivity contribution in [2.75, 3.05) is 0 Å². The maximum atomic E-state index is 12.4. The first-order chi connectivity index (χ1) is 12.6. The van der Waals surface area contributed by atoms with E-state index >= 15 is 0 Å². The maximum Gasteiger partial charge on any atom is 0.271 e. The normalized spacial score (nSPS) is 10.7. The average Bonchev–Trinajstić information content (AvgIpc) is 3.20. The fraction of sp³-hybridized carbons (Fsp3) is 0.0476. The Morgan fingerprint density at radius 3 is 2.31 bits per heavy atom. The fourth-order valence-corrected chi connectivity index (χ4v) is 2.46. The lowest BCUT2D eigenvalue weighted by Gasteiger charge is -2.11. The molecule has 2 N–H and O–H groups in total. The quantitative estimate of drug-likeness (QED) is 0.563. The molecule has 0 radical (unpaired) electrons. The van der Waals surface area contributed by atoms with E-state index in [4.69, 9.17) is 0 Å². The van der Waals surface area contributed by atoms with Gasteiger partial charge in [-0.25, -0.2) is 0 Å². The molecule has 2 amide bonds. The summed E-state index contributed by atoms with van der Waals surface area (Å²) in [5, 5.41) is 0. The zero-order valence-corrected chi connectivity index (χ0v) is 14.3. The number of carbonyl (C=O) groups is 2. The predicted molar refractivity (Wildman–Crippen MR) is 102 cm³/mol. The van der Waals surface area contributed by atoms with Gasteiger partial charge in [-0.05, 0) is 42.8 Å². The minimum absolute atomic E-state index is 0.383. The van der Waals surface area contributed by atoms with Crippen molar-refractivity contribution in [2.24, 2.45) is 0 Å². The summed E-state index contributed by atoms with van der Waals surface area (Å²) in [5.41, 5.74) is 8.11. The zero-order valence-electron chi connectivity index (χ0n) is 14.3. The molecule has 0 atom stereocenters. The van der Waals surface area contributed by atoms with Gasteiger partial charge < -0.3 is 4.57 Å². The fourth-order valence-electron chi connectivity index (χ4n) is 2.46. The lowest BCUT2D eigenvalue weighted by molar-refractivity contribution is -0.117. The summed E-state index contributed by atoms with van der Waals surface area (Å²) in [7, 11) is 0. The van der Waals surface area contributed by atoms with Crippen LogP contribution in [0.5, 0.6) is 0 Å². The highest BCUT2D eigenvalue weighted by molar-refractivity contribution is 6.00. The van der Waals surface area contributed by atoms with Crippen LogP contribution in [0.4, 0.5) is 0 Å².